The predicted molar refractivity (Wildman–Crippen MR) is 107 cm³/mol. The number of ether oxygens (including phenoxy) is 2. The van der Waals surface area contributed by atoms with Crippen molar-refractivity contribution in [3.63, 3.8) is 0 Å². The van der Waals surface area contributed by atoms with Crippen LogP contribution in [0.3, 0.4) is 0 Å². The van der Waals surface area contributed by atoms with Gasteiger partial charge in [0.25, 0.3) is 0 Å². The van der Waals surface area contributed by atoms with Crippen molar-refractivity contribution in [3.8, 4) is 0 Å². The van der Waals surface area contributed by atoms with E-state index in [0.717, 1.165) is 31.1 Å². The molecule has 4 bridgehead atoms. The van der Waals surface area contributed by atoms with Crippen LogP contribution in [0.15, 0.2) is 0 Å². The molecule has 162 valence electrons. The first-order valence-electron chi connectivity index (χ1n) is 11.5. The summed E-state index contributed by atoms with van der Waals surface area (Å²) in [5.41, 5.74) is 0.146. The van der Waals surface area contributed by atoms with Crippen LogP contribution >= 0.6 is 0 Å². The zero-order chi connectivity index (χ0) is 21.0. The summed E-state index contributed by atoms with van der Waals surface area (Å²) in [6.45, 7) is 10.1. The molecule has 0 aromatic heterocycles. The minimum absolute atomic E-state index is 0.0655. The van der Waals surface area contributed by atoms with Gasteiger partial charge >= 0.3 is 11.9 Å². The van der Waals surface area contributed by atoms with Crippen LogP contribution in [0.5, 0.6) is 0 Å². The molecule has 5 nitrogen and oxygen atoms in total. The minimum Gasteiger partial charge on any atom is -0.465 e. The van der Waals surface area contributed by atoms with Crippen LogP contribution in [0, 0.1) is 45.3 Å². The Morgan fingerprint density at radius 2 is 1.72 bits per heavy atom. The molecular weight excluding hydrogens is 368 g/mol. The van der Waals surface area contributed by atoms with Crippen LogP contribution in [-0.2, 0) is 19.1 Å². The molecule has 0 radical (unpaired) electrons. The average Bonchev–Trinajstić information content (AvgIpc) is 3.08. The van der Waals surface area contributed by atoms with Crippen molar-refractivity contribution in [2.45, 2.75) is 85.4 Å². The van der Waals surface area contributed by atoms with Crippen LogP contribution in [-0.4, -0.2) is 35.9 Å². The first kappa shape index (κ1) is 19.8. The van der Waals surface area contributed by atoms with E-state index in [9.17, 15) is 14.7 Å². The Morgan fingerprint density at radius 3 is 2.31 bits per heavy atom. The second-order valence-corrected chi connectivity index (χ2v) is 11.9. The standard InChI is InChI=1S/C24H36O5/c1-13(25)28-12-23(5)17-9-19(27)24-10-16-15(22(16,4)11-24)8-18(24)21(17,3)7-6-20(23)29-14(2)26/h15-20,27H,6-12H2,1-5H3/t15-,16-,17+,18+,19+,20-,21-,22+,23-,24-/m1/s1. The van der Waals surface area contributed by atoms with Gasteiger partial charge in [-0.25, -0.2) is 0 Å². The van der Waals surface area contributed by atoms with E-state index in [0.29, 0.717) is 11.3 Å². The van der Waals surface area contributed by atoms with Crippen molar-refractivity contribution in [1.82, 2.24) is 0 Å². The Bertz CT molecular complexity index is 764. The Labute approximate surface area is 173 Å². The summed E-state index contributed by atoms with van der Waals surface area (Å²) >= 11 is 0. The number of carbonyl (C=O) groups is 2. The quantitative estimate of drug-likeness (QED) is 0.726. The van der Waals surface area contributed by atoms with Crippen LogP contribution in [0.1, 0.15) is 73.1 Å². The normalized spacial score (nSPS) is 56.8. The summed E-state index contributed by atoms with van der Waals surface area (Å²) in [5.74, 6) is 1.73. The van der Waals surface area contributed by atoms with E-state index >= 15 is 0 Å². The van der Waals surface area contributed by atoms with Gasteiger partial charge in [0, 0.05) is 24.7 Å². The molecule has 6 aliphatic carbocycles. The predicted octanol–water partition coefficient (Wildman–Crippen LogP) is 3.72. The van der Waals surface area contributed by atoms with Crippen molar-refractivity contribution < 1.29 is 24.2 Å². The van der Waals surface area contributed by atoms with Crippen LogP contribution in [0.25, 0.3) is 0 Å². The highest BCUT2D eigenvalue weighted by Gasteiger charge is 2.80. The highest BCUT2D eigenvalue weighted by Crippen LogP contribution is 2.85. The van der Waals surface area contributed by atoms with E-state index in [1.54, 1.807) is 0 Å². The van der Waals surface area contributed by atoms with E-state index in [1.165, 1.54) is 33.1 Å². The van der Waals surface area contributed by atoms with Crippen molar-refractivity contribution >= 4 is 11.9 Å². The highest BCUT2D eigenvalue weighted by molar-refractivity contribution is 5.66. The third-order valence-electron chi connectivity index (χ3n) is 10.7. The van der Waals surface area contributed by atoms with Crippen molar-refractivity contribution in [3.05, 3.63) is 0 Å². The Kier molecular flexibility index (Phi) is 3.95. The first-order chi connectivity index (χ1) is 13.5. The maximum atomic E-state index is 11.8. The largest absolute Gasteiger partial charge is 0.465 e. The van der Waals surface area contributed by atoms with Gasteiger partial charge in [-0.3, -0.25) is 9.59 Å². The molecule has 6 saturated carbocycles. The summed E-state index contributed by atoms with van der Waals surface area (Å²) in [6.07, 6.45) is 5.54. The second kappa shape index (κ2) is 5.77. The van der Waals surface area contributed by atoms with Crippen LogP contribution in [0.4, 0.5) is 0 Å². The molecule has 1 spiro atoms. The van der Waals surface area contributed by atoms with Gasteiger partial charge in [-0.1, -0.05) is 20.8 Å². The fourth-order valence-electron chi connectivity index (χ4n) is 9.37. The SMILES string of the molecule is CC(=O)OC[C@]1(C)[C@H]2C[C@H](O)[C@@]34C[C@@H]5[C@@H](C[C@H]3[C@]2(C)CC[C@H]1OC(C)=O)[C@]5(C)C4. The fraction of sp³-hybridized carbons (Fsp3) is 0.917. The third-order valence-corrected chi connectivity index (χ3v) is 10.7. The van der Waals surface area contributed by atoms with E-state index in [1.807, 2.05) is 0 Å². The molecule has 0 saturated heterocycles. The van der Waals surface area contributed by atoms with E-state index in [4.69, 9.17) is 9.47 Å². The lowest BCUT2D eigenvalue weighted by Crippen LogP contribution is -2.66. The number of rotatable bonds is 3. The number of esters is 2. The fourth-order valence-corrected chi connectivity index (χ4v) is 9.37. The van der Waals surface area contributed by atoms with Gasteiger partial charge in [-0.05, 0) is 73.0 Å². The smallest absolute Gasteiger partial charge is 0.302 e. The lowest BCUT2D eigenvalue weighted by Gasteiger charge is -2.67. The Hall–Kier alpha value is -1.10. The molecule has 0 aromatic rings. The zero-order valence-electron chi connectivity index (χ0n) is 18.5. The number of aliphatic hydroxyl groups excluding tert-OH is 1. The van der Waals surface area contributed by atoms with E-state index in [-0.39, 0.29) is 47.5 Å². The number of hydrogen-bond acceptors (Lipinski definition) is 5. The number of aliphatic hydroxyl groups is 1. The van der Waals surface area contributed by atoms with Gasteiger partial charge in [-0.2, -0.15) is 0 Å². The van der Waals surface area contributed by atoms with Crippen LogP contribution < -0.4 is 0 Å². The molecule has 0 aliphatic heterocycles. The molecule has 29 heavy (non-hydrogen) atoms. The van der Waals surface area contributed by atoms with Gasteiger partial charge in [0.2, 0.25) is 0 Å². The molecule has 0 aromatic carbocycles. The highest BCUT2D eigenvalue weighted by atomic mass is 16.6. The summed E-state index contributed by atoms with van der Waals surface area (Å²) in [7, 11) is 0. The van der Waals surface area contributed by atoms with Gasteiger partial charge in [0.1, 0.15) is 12.7 Å². The molecule has 5 heteroatoms. The zero-order valence-corrected chi connectivity index (χ0v) is 18.5. The molecule has 6 rings (SSSR count). The molecule has 0 amide bonds. The van der Waals surface area contributed by atoms with Crippen molar-refractivity contribution in [2.24, 2.45) is 45.3 Å². The monoisotopic (exact) mass is 404 g/mol. The van der Waals surface area contributed by atoms with Crippen LogP contribution in [0.2, 0.25) is 0 Å². The van der Waals surface area contributed by atoms with Gasteiger partial charge < -0.3 is 14.6 Å². The molecular formula is C24H36O5. The van der Waals surface area contributed by atoms with E-state index in [2.05, 4.69) is 20.8 Å². The second-order valence-electron chi connectivity index (χ2n) is 11.9. The number of hydrogen-bond donors (Lipinski definition) is 1. The molecule has 0 heterocycles. The molecule has 6 aliphatic rings. The first-order valence-corrected chi connectivity index (χ1v) is 11.5. The van der Waals surface area contributed by atoms with Gasteiger partial charge in [0.15, 0.2) is 0 Å². The average molecular weight is 405 g/mol. The maximum absolute atomic E-state index is 11.8. The lowest BCUT2D eigenvalue weighted by atomic mass is 9.38. The van der Waals surface area contributed by atoms with Gasteiger partial charge in [0.05, 0.1) is 6.10 Å². The Balaban J connectivity index is 1.52. The number of fused-ring (bicyclic) bond motifs is 1. The number of carbonyl (C=O) groups excluding carboxylic acids is 2. The van der Waals surface area contributed by atoms with E-state index < -0.39 is 5.41 Å². The summed E-state index contributed by atoms with van der Waals surface area (Å²) in [6, 6.07) is 0. The third kappa shape index (κ3) is 2.37. The van der Waals surface area contributed by atoms with Crippen molar-refractivity contribution in [1.29, 1.82) is 0 Å². The summed E-state index contributed by atoms with van der Waals surface area (Å²) in [5, 5.41) is 11.5. The molecule has 6 fully saturated rings. The summed E-state index contributed by atoms with van der Waals surface area (Å²) < 4.78 is 11.3. The molecule has 1 N–H and O–H groups in total. The van der Waals surface area contributed by atoms with Gasteiger partial charge in [-0.15, -0.1) is 0 Å². The molecule has 10 atom stereocenters. The minimum atomic E-state index is -0.472. The molecule has 0 unspecified atom stereocenters. The lowest BCUT2D eigenvalue weighted by molar-refractivity contribution is -0.246. The maximum Gasteiger partial charge on any atom is 0.302 e. The topological polar surface area (TPSA) is 72.8 Å². The van der Waals surface area contributed by atoms with Crippen molar-refractivity contribution in [2.75, 3.05) is 6.61 Å². The Morgan fingerprint density at radius 1 is 1.00 bits per heavy atom. The summed E-state index contributed by atoms with van der Waals surface area (Å²) in [4.78, 5) is 23.5.